The number of imidazole rings is 1. The first-order valence-corrected chi connectivity index (χ1v) is 10.2. The maximum Gasteiger partial charge on any atom is 0.227 e. The lowest BCUT2D eigenvalue weighted by atomic mass is 10.1. The molecule has 1 atom stereocenters. The summed E-state index contributed by atoms with van der Waals surface area (Å²) in [7, 11) is 0. The Balaban J connectivity index is 1.51. The second kappa shape index (κ2) is 7.58. The van der Waals surface area contributed by atoms with Gasteiger partial charge in [0, 0.05) is 36.1 Å². The molecule has 30 heavy (non-hydrogen) atoms. The fourth-order valence-corrected chi connectivity index (χ4v) is 4.22. The second-order valence-corrected chi connectivity index (χ2v) is 7.99. The highest BCUT2D eigenvalue weighted by molar-refractivity contribution is 6.30. The second-order valence-electron chi connectivity index (χ2n) is 7.55. The van der Waals surface area contributed by atoms with Crippen molar-refractivity contribution in [2.75, 3.05) is 11.4 Å². The SMILES string of the molecule is O=C1C[C@@H](c2nc3ccccc3n2Cc2ccc(Cl)cc2)CN1c1ccc(F)cc1. The van der Waals surface area contributed by atoms with Gasteiger partial charge in [-0.25, -0.2) is 9.37 Å². The molecule has 4 aromatic rings. The van der Waals surface area contributed by atoms with Gasteiger partial charge in [-0.05, 0) is 54.1 Å². The topological polar surface area (TPSA) is 38.1 Å². The number of carbonyl (C=O) groups is 1. The Hall–Kier alpha value is -3.18. The average Bonchev–Trinajstić information content (AvgIpc) is 3.31. The largest absolute Gasteiger partial charge is 0.323 e. The normalized spacial score (nSPS) is 16.5. The van der Waals surface area contributed by atoms with Crippen molar-refractivity contribution in [1.29, 1.82) is 0 Å². The fraction of sp³-hybridized carbons (Fsp3) is 0.167. The van der Waals surface area contributed by atoms with E-state index in [4.69, 9.17) is 16.6 Å². The van der Waals surface area contributed by atoms with Crippen molar-refractivity contribution in [2.24, 2.45) is 0 Å². The number of hydrogen-bond donors (Lipinski definition) is 0. The summed E-state index contributed by atoms with van der Waals surface area (Å²) in [5, 5.41) is 0.700. The lowest BCUT2D eigenvalue weighted by molar-refractivity contribution is -0.117. The maximum absolute atomic E-state index is 13.3. The van der Waals surface area contributed by atoms with Crippen LogP contribution in [0, 0.1) is 5.82 Å². The van der Waals surface area contributed by atoms with Crippen LogP contribution in [-0.2, 0) is 11.3 Å². The van der Waals surface area contributed by atoms with Gasteiger partial charge in [-0.3, -0.25) is 4.79 Å². The van der Waals surface area contributed by atoms with Gasteiger partial charge < -0.3 is 9.47 Å². The first-order valence-electron chi connectivity index (χ1n) is 9.84. The van der Waals surface area contributed by atoms with Crippen LogP contribution in [0.15, 0.2) is 72.8 Å². The Morgan fingerprint density at radius 3 is 2.50 bits per heavy atom. The molecule has 150 valence electrons. The number of hydrogen-bond acceptors (Lipinski definition) is 2. The number of para-hydroxylation sites is 2. The standard InChI is InChI=1S/C24H19ClFN3O/c25-18-7-5-16(6-8-18)14-29-22-4-2-1-3-21(22)27-24(29)17-13-23(30)28(15-17)20-11-9-19(26)10-12-20/h1-12,17H,13-15H2/t17-/m1/s1. The van der Waals surface area contributed by atoms with Crippen LogP contribution in [0.25, 0.3) is 11.0 Å². The third-order valence-electron chi connectivity index (χ3n) is 5.57. The number of nitrogens with zero attached hydrogens (tertiary/aromatic N) is 3. The van der Waals surface area contributed by atoms with Crippen molar-refractivity contribution in [2.45, 2.75) is 18.9 Å². The molecule has 0 spiro atoms. The predicted octanol–water partition coefficient (Wildman–Crippen LogP) is 5.40. The summed E-state index contributed by atoms with van der Waals surface area (Å²) in [6.45, 7) is 1.17. The molecule has 3 aromatic carbocycles. The van der Waals surface area contributed by atoms with E-state index in [0.29, 0.717) is 30.2 Å². The summed E-state index contributed by atoms with van der Waals surface area (Å²) in [6, 6.07) is 21.8. The maximum atomic E-state index is 13.3. The molecule has 0 bridgehead atoms. The van der Waals surface area contributed by atoms with E-state index in [0.717, 1.165) is 22.4 Å². The quantitative estimate of drug-likeness (QED) is 0.444. The third-order valence-corrected chi connectivity index (χ3v) is 5.82. The molecule has 0 radical (unpaired) electrons. The number of aromatic nitrogens is 2. The smallest absolute Gasteiger partial charge is 0.227 e. The lowest BCUT2D eigenvalue weighted by Crippen LogP contribution is -2.24. The van der Waals surface area contributed by atoms with E-state index in [1.807, 2.05) is 42.5 Å². The Labute approximate surface area is 178 Å². The molecule has 0 unspecified atom stereocenters. The lowest BCUT2D eigenvalue weighted by Gasteiger charge is -2.17. The average molecular weight is 420 g/mol. The zero-order valence-corrected chi connectivity index (χ0v) is 16.9. The number of halogens is 2. The minimum absolute atomic E-state index is 0.0247. The minimum Gasteiger partial charge on any atom is -0.323 e. The van der Waals surface area contributed by atoms with Crippen molar-refractivity contribution >= 4 is 34.2 Å². The van der Waals surface area contributed by atoms with Crippen molar-refractivity contribution in [3.8, 4) is 0 Å². The highest BCUT2D eigenvalue weighted by atomic mass is 35.5. The molecule has 1 aromatic heterocycles. The zero-order valence-electron chi connectivity index (χ0n) is 16.1. The van der Waals surface area contributed by atoms with Gasteiger partial charge in [-0.2, -0.15) is 0 Å². The summed E-state index contributed by atoms with van der Waals surface area (Å²) >= 11 is 6.04. The van der Waals surface area contributed by atoms with E-state index in [9.17, 15) is 9.18 Å². The summed E-state index contributed by atoms with van der Waals surface area (Å²) in [4.78, 5) is 19.3. The monoisotopic (exact) mass is 419 g/mol. The summed E-state index contributed by atoms with van der Waals surface area (Å²) in [5.74, 6) is 0.565. The first kappa shape index (κ1) is 18.8. The Bertz CT molecular complexity index is 1220. The van der Waals surface area contributed by atoms with Crippen LogP contribution in [0.2, 0.25) is 5.02 Å². The molecule has 2 heterocycles. The molecule has 1 saturated heterocycles. The Morgan fingerprint density at radius 1 is 1.00 bits per heavy atom. The third kappa shape index (κ3) is 3.46. The molecule has 5 rings (SSSR count). The molecule has 1 amide bonds. The van der Waals surface area contributed by atoms with Crippen LogP contribution in [0.3, 0.4) is 0 Å². The number of carbonyl (C=O) groups excluding carboxylic acids is 1. The fourth-order valence-electron chi connectivity index (χ4n) is 4.10. The van der Waals surface area contributed by atoms with Crippen molar-refractivity contribution in [3.63, 3.8) is 0 Å². The van der Waals surface area contributed by atoms with Gasteiger partial charge >= 0.3 is 0 Å². The number of rotatable bonds is 4. The van der Waals surface area contributed by atoms with E-state index < -0.39 is 0 Å². The molecule has 4 nitrogen and oxygen atoms in total. The van der Waals surface area contributed by atoms with E-state index in [2.05, 4.69) is 10.6 Å². The van der Waals surface area contributed by atoms with E-state index in [1.54, 1.807) is 17.0 Å². The summed E-state index contributed by atoms with van der Waals surface area (Å²) in [5.41, 5.74) is 3.78. The highest BCUT2D eigenvalue weighted by Crippen LogP contribution is 2.33. The molecule has 1 aliphatic rings. The van der Waals surface area contributed by atoms with Crippen molar-refractivity contribution in [1.82, 2.24) is 9.55 Å². The van der Waals surface area contributed by atoms with Gasteiger partial charge in [-0.1, -0.05) is 35.9 Å². The van der Waals surface area contributed by atoms with Crippen LogP contribution in [0.1, 0.15) is 23.7 Å². The minimum atomic E-state index is -0.313. The van der Waals surface area contributed by atoms with E-state index in [-0.39, 0.29) is 17.6 Å². The van der Waals surface area contributed by atoms with Gasteiger partial charge in [0.2, 0.25) is 5.91 Å². The van der Waals surface area contributed by atoms with E-state index in [1.165, 1.54) is 12.1 Å². The van der Waals surface area contributed by atoms with Crippen LogP contribution >= 0.6 is 11.6 Å². The Kier molecular flexibility index (Phi) is 4.75. The molecule has 0 saturated carbocycles. The van der Waals surface area contributed by atoms with Gasteiger partial charge in [0.1, 0.15) is 11.6 Å². The van der Waals surface area contributed by atoms with E-state index >= 15 is 0 Å². The summed E-state index contributed by atoms with van der Waals surface area (Å²) in [6.07, 6.45) is 0.376. The van der Waals surface area contributed by atoms with Crippen molar-refractivity contribution < 1.29 is 9.18 Å². The van der Waals surface area contributed by atoms with Crippen molar-refractivity contribution in [3.05, 3.63) is 95.0 Å². The zero-order chi connectivity index (χ0) is 20.7. The van der Waals surface area contributed by atoms with Gasteiger partial charge in [0.25, 0.3) is 0 Å². The predicted molar refractivity (Wildman–Crippen MR) is 116 cm³/mol. The Morgan fingerprint density at radius 2 is 1.73 bits per heavy atom. The molecular weight excluding hydrogens is 401 g/mol. The van der Waals surface area contributed by atoms with Crippen LogP contribution in [0.5, 0.6) is 0 Å². The van der Waals surface area contributed by atoms with Gasteiger partial charge in [0.15, 0.2) is 0 Å². The molecular formula is C24H19ClFN3O. The first-order chi connectivity index (χ1) is 14.6. The number of amides is 1. The van der Waals surface area contributed by atoms with Crippen LogP contribution in [0.4, 0.5) is 10.1 Å². The van der Waals surface area contributed by atoms with Gasteiger partial charge in [0.05, 0.1) is 11.0 Å². The van der Waals surface area contributed by atoms with Crippen LogP contribution < -0.4 is 4.90 Å². The number of anilines is 1. The highest BCUT2D eigenvalue weighted by Gasteiger charge is 2.34. The van der Waals surface area contributed by atoms with Gasteiger partial charge in [-0.15, -0.1) is 0 Å². The molecule has 1 aliphatic heterocycles. The number of benzene rings is 3. The molecule has 0 N–H and O–H groups in total. The summed E-state index contributed by atoms with van der Waals surface area (Å²) < 4.78 is 15.5. The molecule has 1 fully saturated rings. The molecule has 0 aliphatic carbocycles. The number of fused-ring (bicyclic) bond motifs is 1. The van der Waals surface area contributed by atoms with Crippen LogP contribution in [-0.4, -0.2) is 22.0 Å². The molecule has 6 heteroatoms.